The molecule has 0 aliphatic heterocycles. The average molecular weight is 668 g/mol. The molecular formula is C48H33N3O. The fourth-order valence-corrected chi connectivity index (χ4v) is 7.92. The third-order valence-corrected chi connectivity index (χ3v) is 10.5. The Hall–Kier alpha value is -6.65. The van der Waals surface area contributed by atoms with Gasteiger partial charge in [0.15, 0.2) is 17.5 Å². The Kier molecular flexibility index (Phi) is 6.80. The molecule has 246 valence electrons. The molecule has 2 aromatic heterocycles. The van der Waals surface area contributed by atoms with Crippen LogP contribution in [0.25, 0.3) is 89.5 Å². The van der Waals surface area contributed by atoms with E-state index in [0.29, 0.717) is 17.5 Å². The molecule has 2 heterocycles. The number of furan rings is 1. The fourth-order valence-electron chi connectivity index (χ4n) is 7.92. The number of nitrogens with zero attached hydrogens (tertiary/aromatic N) is 3. The zero-order valence-electron chi connectivity index (χ0n) is 28.8. The monoisotopic (exact) mass is 667 g/mol. The summed E-state index contributed by atoms with van der Waals surface area (Å²) in [5, 5.41) is 2.20. The van der Waals surface area contributed by atoms with Gasteiger partial charge in [-0.25, -0.2) is 15.0 Å². The Labute approximate surface area is 302 Å². The first-order valence-corrected chi connectivity index (χ1v) is 17.7. The standard InChI is InChI=1S/C48H33N3O/c1-48(2)41-22-10-9-21-37(41)39-25-26-40-38-24-23-36(29-42(38)52-44(40)43(39)48)47-50-45(34-19-11-17-32(27-34)30-13-5-3-6-14-30)49-46(51-47)35-20-12-18-33(28-35)31-15-7-4-8-16-31/h3-29H,1-2H3. The van der Waals surface area contributed by atoms with Gasteiger partial charge in [-0.05, 0) is 69.3 Å². The molecule has 0 fully saturated rings. The van der Waals surface area contributed by atoms with Gasteiger partial charge in [-0.3, -0.25) is 0 Å². The van der Waals surface area contributed by atoms with Crippen LogP contribution in [0.3, 0.4) is 0 Å². The van der Waals surface area contributed by atoms with Gasteiger partial charge in [0, 0.05) is 38.4 Å². The molecule has 7 aromatic carbocycles. The fraction of sp³-hybridized carbons (Fsp3) is 0.0625. The van der Waals surface area contributed by atoms with Crippen LogP contribution in [0.4, 0.5) is 0 Å². The summed E-state index contributed by atoms with van der Waals surface area (Å²) in [7, 11) is 0. The summed E-state index contributed by atoms with van der Waals surface area (Å²) in [6.45, 7) is 4.59. The zero-order valence-corrected chi connectivity index (χ0v) is 28.8. The Morgan fingerprint density at radius 2 is 0.904 bits per heavy atom. The number of benzene rings is 7. The van der Waals surface area contributed by atoms with E-state index in [-0.39, 0.29) is 5.41 Å². The van der Waals surface area contributed by atoms with E-state index in [4.69, 9.17) is 19.4 Å². The van der Waals surface area contributed by atoms with Gasteiger partial charge < -0.3 is 4.42 Å². The van der Waals surface area contributed by atoms with E-state index < -0.39 is 0 Å². The lowest BCUT2D eigenvalue weighted by Crippen LogP contribution is -2.15. The molecule has 0 amide bonds. The molecule has 0 atom stereocenters. The second-order valence-corrected chi connectivity index (χ2v) is 14.0. The van der Waals surface area contributed by atoms with Gasteiger partial charge in [0.1, 0.15) is 11.2 Å². The van der Waals surface area contributed by atoms with Crippen molar-refractivity contribution < 1.29 is 4.42 Å². The average Bonchev–Trinajstić information content (AvgIpc) is 3.69. The van der Waals surface area contributed by atoms with E-state index in [9.17, 15) is 0 Å². The molecule has 9 aromatic rings. The molecule has 0 spiro atoms. The minimum absolute atomic E-state index is 0.178. The summed E-state index contributed by atoms with van der Waals surface area (Å²) in [5.41, 5.74) is 13.9. The third kappa shape index (κ3) is 4.87. The summed E-state index contributed by atoms with van der Waals surface area (Å²) in [6, 6.07) is 57.1. The van der Waals surface area contributed by atoms with E-state index in [0.717, 1.165) is 60.9 Å². The van der Waals surface area contributed by atoms with Crippen molar-refractivity contribution in [3.8, 4) is 67.5 Å². The minimum atomic E-state index is -0.178. The van der Waals surface area contributed by atoms with Gasteiger partial charge in [-0.2, -0.15) is 0 Å². The molecular weight excluding hydrogens is 635 g/mol. The van der Waals surface area contributed by atoms with Crippen LogP contribution >= 0.6 is 0 Å². The van der Waals surface area contributed by atoms with Crippen molar-refractivity contribution in [1.29, 1.82) is 0 Å². The lowest BCUT2D eigenvalue weighted by atomic mass is 9.82. The van der Waals surface area contributed by atoms with Crippen molar-refractivity contribution in [3.63, 3.8) is 0 Å². The quantitative estimate of drug-likeness (QED) is 0.183. The lowest BCUT2D eigenvalue weighted by Gasteiger charge is -2.21. The van der Waals surface area contributed by atoms with E-state index in [1.807, 2.05) is 12.1 Å². The summed E-state index contributed by atoms with van der Waals surface area (Å²) >= 11 is 0. The largest absolute Gasteiger partial charge is 0.456 e. The molecule has 0 radical (unpaired) electrons. The third-order valence-electron chi connectivity index (χ3n) is 10.5. The molecule has 0 unspecified atom stereocenters. The number of fused-ring (bicyclic) bond motifs is 7. The minimum Gasteiger partial charge on any atom is -0.456 e. The summed E-state index contributed by atoms with van der Waals surface area (Å²) in [5.74, 6) is 1.82. The predicted molar refractivity (Wildman–Crippen MR) is 212 cm³/mol. The van der Waals surface area contributed by atoms with Crippen LogP contribution in [0.1, 0.15) is 25.0 Å². The van der Waals surface area contributed by atoms with Crippen LogP contribution in [0.15, 0.2) is 168 Å². The second kappa shape index (κ2) is 11.7. The molecule has 4 heteroatoms. The van der Waals surface area contributed by atoms with E-state index in [2.05, 4.69) is 166 Å². The van der Waals surface area contributed by atoms with Crippen LogP contribution in [-0.4, -0.2) is 15.0 Å². The van der Waals surface area contributed by atoms with Gasteiger partial charge in [0.05, 0.1) is 0 Å². The highest BCUT2D eigenvalue weighted by Crippen LogP contribution is 2.52. The van der Waals surface area contributed by atoms with E-state index in [1.54, 1.807) is 0 Å². The van der Waals surface area contributed by atoms with Gasteiger partial charge in [0.25, 0.3) is 0 Å². The molecule has 52 heavy (non-hydrogen) atoms. The number of hydrogen-bond donors (Lipinski definition) is 0. The maximum Gasteiger partial charge on any atom is 0.164 e. The van der Waals surface area contributed by atoms with Crippen LogP contribution in [0, 0.1) is 0 Å². The molecule has 0 saturated carbocycles. The van der Waals surface area contributed by atoms with Gasteiger partial charge in [-0.15, -0.1) is 0 Å². The Bertz CT molecular complexity index is 2720. The Balaban J connectivity index is 1.14. The first-order valence-electron chi connectivity index (χ1n) is 17.7. The smallest absolute Gasteiger partial charge is 0.164 e. The van der Waals surface area contributed by atoms with Gasteiger partial charge >= 0.3 is 0 Å². The highest BCUT2D eigenvalue weighted by atomic mass is 16.3. The first-order chi connectivity index (χ1) is 25.5. The van der Waals surface area contributed by atoms with Crippen LogP contribution in [0.2, 0.25) is 0 Å². The molecule has 0 saturated heterocycles. The highest BCUT2D eigenvalue weighted by Gasteiger charge is 2.38. The number of rotatable bonds is 5. The maximum atomic E-state index is 6.81. The van der Waals surface area contributed by atoms with Crippen LogP contribution in [-0.2, 0) is 5.41 Å². The maximum absolute atomic E-state index is 6.81. The predicted octanol–water partition coefficient (Wildman–Crippen LogP) is 12.4. The van der Waals surface area contributed by atoms with Crippen molar-refractivity contribution in [3.05, 3.63) is 175 Å². The normalized spacial score (nSPS) is 13.0. The topological polar surface area (TPSA) is 51.8 Å². The summed E-state index contributed by atoms with van der Waals surface area (Å²) in [6.07, 6.45) is 0. The lowest BCUT2D eigenvalue weighted by molar-refractivity contribution is 0.620. The Morgan fingerprint density at radius 1 is 0.404 bits per heavy atom. The van der Waals surface area contributed by atoms with Crippen molar-refractivity contribution in [1.82, 2.24) is 15.0 Å². The van der Waals surface area contributed by atoms with Crippen molar-refractivity contribution in [2.24, 2.45) is 0 Å². The first kappa shape index (κ1) is 30.2. The van der Waals surface area contributed by atoms with Gasteiger partial charge in [0.2, 0.25) is 0 Å². The molecule has 0 N–H and O–H groups in total. The SMILES string of the molecule is CC1(C)c2ccccc2-c2ccc3c(oc4cc(-c5nc(-c6cccc(-c7ccccc7)c6)nc(-c6cccc(-c7ccccc7)c6)n5)ccc43)c21. The second-order valence-electron chi connectivity index (χ2n) is 14.0. The number of hydrogen-bond acceptors (Lipinski definition) is 4. The molecule has 4 nitrogen and oxygen atoms in total. The summed E-state index contributed by atoms with van der Waals surface area (Å²) < 4.78 is 6.81. The zero-order chi connectivity index (χ0) is 34.8. The van der Waals surface area contributed by atoms with Gasteiger partial charge in [-0.1, -0.05) is 147 Å². The molecule has 0 bridgehead atoms. The summed E-state index contributed by atoms with van der Waals surface area (Å²) in [4.78, 5) is 15.3. The molecule has 10 rings (SSSR count). The Morgan fingerprint density at radius 3 is 1.52 bits per heavy atom. The van der Waals surface area contributed by atoms with Crippen LogP contribution in [0.5, 0.6) is 0 Å². The van der Waals surface area contributed by atoms with Crippen molar-refractivity contribution >= 4 is 21.9 Å². The number of aromatic nitrogens is 3. The van der Waals surface area contributed by atoms with Crippen molar-refractivity contribution in [2.45, 2.75) is 19.3 Å². The molecule has 1 aliphatic rings. The van der Waals surface area contributed by atoms with E-state index in [1.165, 1.54) is 22.3 Å². The molecule has 1 aliphatic carbocycles. The van der Waals surface area contributed by atoms with Crippen LogP contribution < -0.4 is 0 Å². The van der Waals surface area contributed by atoms with E-state index >= 15 is 0 Å². The van der Waals surface area contributed by atoms with Crippen molar-refractivity contribution in [2.75, 3.05) is 0 Å². The highest BCUT2D eigenvalue weighted by molar-refractivity contribution is 6.09.